The predicted molar refractivity (Wildman–Crippen MR) is 42.6 cm³/mol. The van der Waals surface area contributed by atoms with Gasteiger partial charge in [0.15, 0.2) is 0 Å². The highest BCUT2D eigenvalue weighted by atomic mass is 14.9. The predicted octanol–water partition coefficient (Wildman–Crippen LogP) is 1.77. The Morgan fingerprint density at radius 2 is 1.80 bits per heavy atom. The Morgan fingerprint density at radius 1 is 1.30 bits per heavy atom. The van der Waals surface area contributed by atoms with Gasteiger partial charge in [0.25, 0.3) is 0 Å². The third kappa shape index (κ3) is 0.672. The Bertz CT molecular complexity index is 147. The van der Waals surface area contributed by atoms with Crippen molar-refractivity contribution in [2.24, 2.45) is 23.0 Å². The number of hydrogen-bond acceptors (Lipinski definition) is 1. The molecule has 10 heavy (non-hydrogen) atoms. The standard InChI is InChI=1S/C9H17N/c1-9(2)7(8(9)10)6-4-3-5-6/h6-8H,3-5,10H2,1-2H3/t7-,8-/m1/s1. The highest BCUT2D eigenvalue weighted by Crippen LogP contribution is 2.59. The molecule has 0 unspecified atom stereocenters. The van der Waals surface area contributed by atoms with Gasteiger partial charge in [-0.05, 0) is 17.3 Å². The molecule has 2 fully saturated rings. The van der Waals surface area contributed by atoms with Crippen molar-refractivity contribution in [2.75, 3.05) is 0 Å². The normalized spacial score (nSPS) is 44.7. The highest BCUT2D eigenvalue weighted by Gasteiger charge is 2.59. The maximum Gasteiger partial charge on any atom is 0.0130 e. The maximum atomic E-state index is 5.95. The SMILES string of the molecule is CC1(C)[C@H](N)[C@H]1C1CCC1. The molecule has 0 amide bonds. The number of hydrogen-bond donors (Lipinski definition) is 1. The van der Waals surface area contributed by atoms with Gasteiger partial charge in [-0.25, -0.2) is 0 Å². The van der Waals surface area contributed by atoms with Crippen LogP contribution in [0, 0.1) is 17.3 Å². The largest absolute Gasteiger partial charge is 0.327 e. The van der Waals surface area contributed by atoms with E-state index < -0.39 is 0 Å². The Hall–Kier alpha value is -0.0400. The summed E-state index contributed by atoms with van der Waals surface area (Å²) in [7, 11) is 0. The molecule has 2 N–H and O–H groups in total. The number of nitrogens with two attached hydrogens (primary N) is 1. The van der Waals surface area contributed by atoms with Gasteiger partial charge in [0.2, 0.25) is 0 Å². The Morgan fingerprint density at radius 3 is 1.90 bits per heavy atom. The molecule has 0 bridgehead atoms. The van der Waals surface area contributed by atoms with Crippen molar-refractivity contribution in [2.45, 2.75) is 39.2 Å². The van der Waals surface area contributed by atoms with E-state index in [4.69, 9.17) is 5.73 Å². The smallest absolute Gasteiger partial charge is 0.0130 e. The van der Waals surface area contributed by atoms with Crippen LogP contribution >= 0.6 is 0 Å². The molecule has 2 aliphatic carbocycles. The molecule has 0 aromatic carbocycles. The van der Waals surface area contributed by atoms with Gasteiger partial charge in [-0.2, -0.15) is 0 Å². The van der Waals surface area contributed by atoms with E-state index in [-0.39, 0.29) is 0 Å². The van der Waals surface area contributed by atoms with E-state index in [0.717, 1.165) is 11.8 Å². The summed E-state index contributed by atoms with van der Waals surface area (Å²) in [4.78, 5) is 0. The lowest BCUT2D eigenvalue weighted by atomic mass is 9.79. The molecule has 2 saturated carbocycles. The fourth-order valence-corrected chi connectivity index (χ4v) is 2.42. The van der Waals surface area contributed by atoms with Crippen molar-refractivity contribution in [3.05, 3.63) is 0 Å². The zero-order valence-corrected chi connectivity index (χ0v) is 6.93. The Kier molecular flexibility index (Phi) is 1.17. The van der Waals surface area contributed by atoms with E-state index in [9.17, 15) is 0 Å². The first kappa shape index (κ1) is 6.66. The molecule has 1 nitrogen and oxygen atoms in total. The molecular formula is C9H17N. The summed E-state index contributed by atoms with van der Waals surface area (Å²) in [6.07, 6.45) is 4.34. The van der Waals surface area contributed by atoms with Crippen LogP contribution in [0.4, 0.5) is 0 Å². The maximum absolute atomic E-state index is 5.95. The molecule has 2 atom stereocenters. The first-order chi connectivity index (χ1) is 4.64. The van der Waals surface area contributed by atoms with E-state index in [1.807, 2.05) is 0 Å². The molecule has 0 radical (unpaired) electrons. The average Bonchev–Trinajstić information content (AvgIpc) is 2.13. The lowest BCUT2D eigenvalue weighted by molar-refractivity contribution is 0.247. The van der Waals surface area contributed by atoms with Crippen molar-refractivity contribution in [3.63, 3.8) is 0 Å². The van der Waals surface area contributed by atoms with Gasteiger partial charge in [-0.1, -0.05) is 33.1 Å². The summed E-state index contributed by atoms with van der Waals surface area (Å²) in [5.41, 5.74) is 6.43. The minimum absolute atomic E-state index is 0.477. The van der Waals surface area contributed by atoms with Crippen LogP contribution in [0.3, 0.4) is 0 Å². The van der Waals surface area contributed by atoms with Crippen molar-refractivity contribution in [3.8, 4) is 0 Å². The Balaban J connectivity index is 1.97. The van der Waals surface area contributed by atoms with Gasteiger partial charge in [0.1, 0.15) is 0 Å². The van der Waals surface area contributed by atoms with Gasteiger partial charge in [-0.15, -0.1) is 0 Å². The van der Waals surface area contributed by atoms with Gasteiger partial charge in [-0.3, -0.25) is 0 Å². The summed E-state index contributed by atoms with van der Waals surface area (Å²) in [6, 6.07) is 0.512. The van der Waals surface area contributed by atoms with Crippen LogP contribution in [-0.2, 0) is 0 Å². The molecule has 2 rings (SSSR count). The van der Waals surface area contributed by atoms with Crippen molar-refractivity contribution >= 4 is 0 Å². The van der Waals surface area contributed by atoms with Crippen LogP contribution in [-0.4, -0.2) is 6.04 Å². The number of rotatable bonds is 1. The second-order valence-electron chi connectivity index (χ2n) is 4.56. The van der Waals surface area contributed by atoms with E-state index in [1.54, 1.807) is 0 Å². The van der Waals surface area contributed by atoms with Crippen LogP contribution in [0.25, 0.3) is 0 Å². The molecule has 0 aromatic rings. The zero-order valence-electron chi connectivity index (χ0n) is 6.93. The zero-order chi connectivity index (χ0) is 7.35. The van der Waals surface area contributed by atoms with Crippen molar-refractivity contribution in [1.29, 1.82) is 0 Å². The quantitative estimate of drug-likeness (QED) is 0.588. The van der Waals surface area contributed by atoms with Crippen molar-refractivity contribution < 1.29 is 0 Å². The third-order valence-corrected chi connectivity index (χ3v) is 3.65. The lowest BCUT2D eigenvalue weighted by Crippen LogP contribution is -2.17. The second kappa shape index (κ2) is 1.76. The average molecular weight is 139 g/mol. The summed E-state index contributed by atoms with van der Waals surface area (Å²) in [5, 5.41) is 0. The molecular weight excluding hydrogens is 122 g/mol. The molecule has 2 aliphatic rings. The fourth-order valence-electron chi connectivity index (χ4n) is 2.42. The van der Waals surface area contributed by atoms with E-state index in [0.29, 0.717) is 11.5 Å². The second-order valence-corrected chi connectivity index (χ2v) is 4.56. The first-order valence-electron chi connectivity index (χ1n) is 4.39. The fraction of sp³-hybridized carbons (Fsp3) is 1.00. The van der Waals surface area contributed by atoms with Gasteiger partial charge in [0, 0.05) is 6.04 Å². The summed E-state index contributed by atoms with van der Waals surface area (Å²) >= 11 is 0. The molecule has 0 saturated heterocycles. The van der Waals surface area contributed by atoms with E-state index in [2.05, 4.69) is 13.8 Å². The minimum Gasteiger partial charge on any atom is -0.327 e. The first-order valence-corrected chi connectivity index (χ1v) is 4.39. The van der Waals surface area contributed by atoms with Crippen molar-refractivity contribution in [1.82, 2.24) is 0 Å². The summed E-state index contributed by atoms with van der Waals surface area (Å²) < 4.78 is 0. The van der Waals surface area contributed by atoms with Gasteiger partial charge < -0.3 is 5.73 Å². The topological polar surface area (TPSA) is 26.0 Å². The molecule has 0 heterocycles. The van der Waals surface area contributed by atoms with Crippen LogP contribution in [0.1, 0.15) is 33.1 Å². The van der Waals surface area contributed by atoms with Gasteiger partial charge >= 0.3 is 0 Å². The van der Waals surface area contributed by atoms with E-state index in [1.165, 1.54) is 19.3 Å². The van der Waals surface area contributed by atoms with E-state index >= 15 is 0 Å². The monoisotopic (exact) mass is 139 g/mol. The van der Waals surface area contributed by atoms with Crippen LogP contribution in [0.5, 0.6) is 0 Å². The molecule has 0 spiro atoms. The van der Waals surface area contributed by atoms with Gasteiger partial charge in [0.05, 0.1) is 0 Å². The van der Waals surface area contributed by atoms with Crippen LogP contribution in [0.2, 0.25) is 0 Å². The molecule has 0 aromatic heterocycles. The highest BCUT2D eigenvalue weighted by molar-refractivity contribution is 5.12. The molecule has 58 valence electrons. The van der Waals surface area contributed by atoms with Crippen LogP contribution < -0.4 is 5.73 Å². The Labute approximate surface area is 63.0 Å². The summed E-state index contributed by atoms with van der Waals surface area (Å²) in [5.74, 6) is 1.85. The molecule has 1 heteroatoms. The lowest BCUT2D eigenvalue weighted by Gasteiger charge is -2.26. The third-order valence-electron chi connectivity index (χ3n) is 3.65. The van der Waals surface area contributed by atoms with Crippen LogP contribution in [0.15, 0.2) is 0 Å². The minimum atomic E-state index is 0.477. The molecule has 0 aliphatic heterocycles. The summed E-state index contributed by atoms with van der Waals surface area (Å²) in [6.45, 7) is 4.61.